The molecule has 0 aromatic heterocycles. The lowest BCUT2D eigenvalue weighted by molar-refractivity contribution is -0.146. The third kappa shape index (κ3) is 7.83. The lowest BCUT2D eigenvalue weighted by Gasteiger charge is -2.38. The second kappa shape index (κ2) is 7.66. The topological polar surface area (TPSA) is 76.1 Å². The first-order valence-electron chi connectivity index (χ1n) is 7.91. The highest BCUT2D eigenvalue weighted by Gasteiger charge is 2.40. The maximum Gasteiger partial charge on any atom is 0.410 e. The van der Waals surface area contributed by atoms with Gasteiger partial charge in [-0.3, -0.25) is 0 Å². The molecule has 0 saturated carbocycles. The smallest absolute Gasteiger partial charge is 0.410 e. The first-order chi connectivity index (χ1) is 10.1. The predicted octanol–water partition coefficient (Wildman–Crippen LogP) is 3.72. The number of amides is 1. The standard InChI is InChI=1S/C16H33NO5Si/c1-15(2,3)21-14(20)17(7)11-10-12(13(18)19)22-23(8,9)16(4,5)6/h12H,10-11H2,1-9H3,(H,18,19). The van der Waals surface area contributed by atoms with E-state index in [4.69, 9.17) is 9.16 Å². The molecule has 23 heavy (non-hydrogen) atoms. The Morgan fingerprint density at radius 1 is 1.13 bits per heavy atom. The summed E-state index contributed by atoms with van der Waals surface area (Å²) in [4.78, 5) is 24.8. The van der Waals surface area contributed by atoms with E-state index in [2.05, 4.69) is 20.8 Å². The zero-order valence-electron chi connectivity index (χ0n) is 16.0. The normalized spacial score (nSPS) is 14.3. The van der Waals surface area contributed by atoms with Crippen molar-refractivity contribution in [3.8, 4) is 0 Å². The first-order valence-corrected chi connectivity index (χ1v) is 10.8. The fraction of sp³-hybridized carbons (Fsp3) is 0.875. The lowest BCUT2D eigenvalue weighted by atomic mass is 10.2. The average molecular weight is 348 g/mol. The van der Waals surface area contributed by atoms with Gasteiger partial charge in [0.1, 0.15) is 11.7 Å². The quantitative estimate of drug-likeness (QED) is 0.741. The van der Waals surface area contributed by atoms with Gasteiger partial charge in [-0.05, 0) is 38.9 Å². The van der Waals surface area contributed by atoms with Crippen LogP contribution in [-0.2, 0) is 14.0 Å². The van der Waals surface area contributed by atoms with Crippen LogP contribution in [0.2, 0.25) is 18.1 Å². The van der Waals surface area contributed by atoms with Crippen LogP contribution in [0.1, 0.15) is 48.0 Å². The van der Waals surface area contributed by atoms with E-state index in [1.54, 1.807) is 27.8 Å². The summed E-state index contributed by atoms with van der Waals surface area (Å²) in [5.41, 5.74) is -0.574. The van der Waals surface area contributed by atoms with Gasteiger partial charge in [0.2, 0.25) is 0 Å². The second-order valence-corrected chi connectivity index (χ2v) is 13.2. The summed E-state index contributed by atoms with van der Waals surface area (Å²) < 4.78 is 11.2. The number of carboxylic acid groups (broad SMARTS) is 1. The molecule has 1 unspecified atom stereocenters. The third-order valence-electron chi connectivity index (χ3n) is 3.95. The Morgan fingerprint density at radius 3 is 1.96 bits per heavy atom. The summed E-state index contributed by atoms with van der Waals surface area (Å²) in [6, 6.07) is 0. The van der Waals surface area contributed by atoms with Crippen molar-refractivity contribution in [3.05, 3.63) is 0 Å². The summed E-state index contributed by atoms with van der Waals surface area (Å²) in [7, 11) is -0.587. The summed E-state index contributed by atoms with van der Waals surface area (Å²) in [5.74, 6) is -0.993. The molecule has 1 N–H and O–H groups in total. The molecule has 0 aromatic carbocycles. The van der Waals surface area contributed by atoms with Gasteiger partial charge in [-0.25, -0.2) is 9.59 Å². The van der Waals surface area contributed by atoms with Crippen LogP contribution in [0, 0.1) is 0 Å². The number of nitrogens with zero attached hydrogens (tertiary/aromatic N) is 1. The molecule has 0 aliphatic carbocycles. The van der Waals surface area contributed by atoms with Crippen LogP contribution in [0.15, 0.2) is 0 Å². The zero-order chi connectivity index (χ0) is 18.6. The maximum atomic E-state index is 11.9. The van der Waals surface area contributed by atoms with E-state index < -0.39 is 32.1 Å². The average Bonchev–Trinajstić information content (AvgIpc) is 2.29. The van der Waals surface area contributed by atoms with Crippen LogP contribution < -0.4 is 0 Å². The molecular weight excluding hydrogens is 314 g/mol. The van der Waals surface area contributed by atoms with E-state index in [-0.39, 0.29) is 18.0 Å². The molecule has 0 rings (SSSR count). The van der Waals surface area contributed by atoms with Crippen molar-refractivity contribution in [3.63, 3.8) is 0 Å². The van der Waals surface area contributed by atoms with Crippen molar-refractivity contribution < 1.29 is 23.9 Å². The van der Waals surface area contributed by atoms with E-state index in [9.17, 15) is 14.7 Å². The number of carbonyl (C=O) groups excluding carboxylic acids is 1. The third-order valence-corrected chi connectivity index (χ3v) is 8.44. The highest BCUT2D eigenvalue weighted by Crippen LogP contribution is 2.37. The van der Waals surface area contributed by atoms with E-state index in [1.165, 1.54) is 4.90 Å². The minimum absolute atomic E-state index is 0.0717. The van der Waals surface area contributed by atoms with Crippen LogP contribution in [0.25, 0.3) is 0 Å². The molecule has 0 aromatic rings. The highest BCUT2D eigenvalue weighted by atomic mass is 28.4. The zero-order valence-corrected chi connectivity index (χ0v) is 17.0. The Labute approximate surface area is 141 Å². The number of hydrogen-bond donors (Lipinski definition) is 1. The Morgan fingerprint density at radius 2 is 1.61 bits per heavy atom. The van der Waals surface area contributed by atoms with Gasteiger partial charge in [0, 0.05) is 20.0 Å². The minimum Gasteiger partial charge on any atom is -0.479 e. The first kappa shape index (κ1) is 21.9. The maximum absolute atomic E-state index is 11.9. The van der Waals surface area contributed by atoms with Gasteiger partial charge >= 0.3 is 12.1 Å². The molecule has 0 radical (unpaired) electrons. The Balaban J connectivity index is 4.74. The van der Waals surface area contributed by atoms with Crippen LogP contribution in [0.5, 0.6) is 0 Å². The van der Waals surface area contributed by atoms with Crippen molar-refractivity contribution in [2.45, 2.75) is 77.8 Å². The molecule has 0 aliphatic rings. The molecular formula is C16H33NO5Si. The van der Waals surface area contributed by atoms with Gasteiger partial charge in [-0.2, -0.15) is 0 Å². The van der Waals surface area contributed by atoms with E-state index in [0.29, 0.717) is 0 Å². The van der Waals surface area contributed by atoms with Crippen LogP contribution in [-0.4, -0.2) is 55.7 Å². The van der Waals surface area contributed by atoms with Gasteiger partial charge in [0.25, 0.3) is 0 Å². The molecule has 136 valence electrons. The summed E-state index contributed by atoms with van der Waals surface area (Å²) in [6.07, 6.45) is -1.15. The highest BCUT2D eigenvalue weighted by molar-refractivity contribution is 6.74. The fourth-order valence-corrected chi connectivity index (χ4v) is 2.79. The second-order valence-electron chi connectivity index (χ2n) is 8.40. The predicted molar refractivity (Wildman–Crippen MR) is 93.2 cm³/mol. The van der Waals surface area contributed by atoms with Crippen molar-refractivity contribution in [2.24, 2.45) is 0 Å². The number of carboxylic acids is 1. The molecule has 1 atom stereocenters. The SMILES string of the molecule is CN(CCC(O[Si](C)(C)C(C)(C)C)C(=O)O)C(=O)OC(C)(C)C. The molecule has 6 nitrogen and oxygen atoms in total. The summed E-state index contributed by atoms with van der Waals surface area (Å²) in [6.45, 7) is 15.8. The van der Waals surface area contributed by atoms with E-state index in [1.807, 2.05) is 13.1 Å². The number of hydrogen-bond acceptors (Lipinski definition) is 4. The number of rotatable bonds is 6. The van der Waals surface area contributed by atoms with Gasteiger partial charge < -0.3 is 19.2 Å². The molecule has 0 bridgehead atoms. The number of aliphatic carboxylic acids is 1. The fourth-order valence-electron chi connectivity index (χ4n) is 1.51. The van der Waals surface area contributed by atoms with Crippen LogP contribution in [0.3, 0.4) is 0 Å². The lowest BCUT2D eigenvalue weighted by Crippen LogP contribution is -2.47. The van der Waals surface area contributed by atoms with Crippen LogP contribution in [0.4, 0.5) is 4.79 Å². The van der Waals surface area contributed by atoms with Gasteiger partial charge in [-0.1, -0.05) is 20.8 Å². The van der Waals surface area contributed by atoms with E-state index >= 15 is 0 Å². The van der Waals surface area contributed by atoms with Crippen LogP contribution >= 0.6 is 0 Å². The molecule has 1 amide bonds. The summed E-state index contributed by atoms with van der Waals surface area (Å²) >= 11 is 0. The van der Waals surface area contributed by atoms with Crippen molar-refractivity contribution in [1.29, 1.82) is 0 Å². The Kier molecular flexibility index (Phi) is 7.30. The molecule has 0 fully saturated rings. The van der Waals surface area contributed by atoms with Crippen molar-refractivity contribution >= 4 is 20.4 Å². The molecule has 0 saturated heterocycles. The molecule has 0 spiro atoms. The number of ether oxygens (including phenoxy) is 1. The van der Waals surface area contributed by atoms with Gasteiger partial charge in [-0.15, -0.1) is 0 Å². The largest absolute Gasteiger partial charge is 0.479 e. The monoisotopic (exact) mass is 347 g/mol. The molecule has 0 aliphatic heterocycles. The number of carbonyl (C=O) groups is 2. The molecule has 0 heterocycles. The Bertz CT molecular complexity index is 423. The van der Waals surface area contributed by atoms with Crippen molar-refractivity contribution in [2.75, 3.05) is 13.6 Å². The van der Waals surface area contributed by atoms with E-state index in [0.717, 1.165) is 0 Å². The minimum atomic E-state index is -2.18. The molecule has 7 heteroatoms. The Hall–Kier alpha value is -1.08. The summed E-state index contributed by atoms with van der Waals surface area (Å²) in [5, 5.41) is 9.33. The van der Waals surface area contributed by atoms with Gasteiger partial charge in [0.05, 0.1) is 0 Å². The van der Waals surface area contributed by atoms with Crippen molar-refractivity contribution in [1.82, 2.24) is 4.90 Å². The van der Waals surface area contributed by atoms with Gasteiger partial charge in [0.15, 0.2) is 8.32 Å².